The van der Waals surface area contributed by atoms with Gasteiger partial charge in [0.05, 0.1) is 6.33 Å². The molecule has 0 radical (unpaired) electrons. The molecule has 1 heterocycles. The Kier molecular flexibility index (Phi) is 8.66. The van der Waals surface area contributed by atoms with Crippen LogP contribution in [-0.4, -0.2) is 40.5 Å². The third-order valence-corrected chi connectivity index (χ3v) is 5.74. The number of hydrogen-bond donors (Lipinski definition) is 3. The molecule has 3 aromatic rings. The highest BCUT2D eigenvalue weighted by atomic mass is 32.2. The van der Waals surface area contributed by atoms with E-state index < -0.39 is 0 Å². The number of nitrogens with two attached hydrogens (primary N) is 1. The predicted molar refractivity (Wildman–Crippen MR) is 123 cm³/mol. The molecule has 5 nitrogen and oxygen atoms in total. The lowest BCUT2D eigenvalue weighted by molar-refractivity contribution is 0.806. The van der Waals surface area contributed by atoms with E-state index in [0.717, 1.165) is 43.1 Å². The van der Waals surface area contributed by atoms with Gasteiger partial charge in [-0.2, -0.15) is 11.8 Å². The summed E-state index contributed by atoms with van der Waals surface area (Å²) < 4.78 is 0. The van der Waals surface area contributed by atoms with Gasteiger partial charge in [0.15, 0.2) is 5.96 Å². The molecule has 0 spiro atoms. The SMILES string of the molecule is NC(=NCCCc1cnc[nH]1)NCCSCC(c1ccccc1)c1ccccc1. The number of aromatic nitrogens is 2. The summed E-state index contributed by atoms with van der Waals surface area (Å²) in [4.78, 5) is 11.5. The highest BCUT2D eigenvalue weighted by Gasteiger charge is 2.13. The van der Waals surface area contributed by atoms with E-state index in [1.165, 1.54) is 11.1 Å². The fraction of sp³-hybridized carbons (Fsp3) is 0.304. The molecule has 29 heavy (non-hydrogen) atoms. The predicted octanol–water partition coefficient (Wildman–Crippen LogP) is 3.81. The summed E-state index contributed by atoms with van der Waals surface area (Å²) >= 11 is 1.94. The first-order valence-corrected chi connectivity index (χ1v) is 11.2. The fourth-order valence-corrected chi connectivity index (χ4v) is 4.19. The number of rotatable bonds is 11. The lowest BCUT2D eigenvalue weighted by Gasteiger charge is -2.18. The third kappa shape index (κ3) is 7.31. The van der Waals surface area contributed by atoms with Crippen molar-refractivity contribution >= 4 is 17.7 Å². The zero-order valence-corrected chi connectivity index (χ0v) is 17.4. The monoisotopic (exact) mass is 407 g/mol. The normalized spacial score (nSPS) is 11.7. The summed E-state index contributed by atoms with van der Waals surface area (Å²) in [6.07, 6.45) is 5.44. The van der Waals surface area contributed by atoms with Gasteiger partial charge in [0.1, 0.15) is 0 Å². The third-order valence-electron chi connectivity index (χ3n) is 4.68. The molecule has 0 fully saturated rings. The van der Waals surface area contributed by atoms with Crippen LogP contribution in [0.3, 0.4) is 0 Å². The van der Waals surface area contributed by atoms with E-state index in [9.17, 15) is 0 Å². The van der Waals surface area contributed by atoms with E-state index in [4.69, 9.17) is 5.73 Å². The molecule has 4 N–H and O–H groups in total. The average Bonchev–Trinajstić information content (AvgIpc) is 3.29. The van der Waals surface area contributed by atoms with Gasteiger partial charge in [-0.25, -0.2) is 4.98 Å². The van der Waals surface area contributed by atoms with E-state index in [2.05, 4.69) is 80.9 Å². The van der Waals surface area contributed by atoms with Crippen LogP contribution in [0, 0.1) is 0 Å². The second-order valence-electron chi connectivity index (χ2n) is 6.82. The lowest BCUT2D eigenvalue weighted by Crippen LogP contribution is -2.33. The number of thioether (sulfide) groups is 1. The Morgan fingerprint density at radius 1 is 1.07 bits per heavy atom. The number of imidazole rings is 1. The molecular formula is C23H29N5S. The van der Waals surface area contributed by atoms with E-state index in [-0.39, 0.29) is 0 Å². The Morgan fingerprint density at radius 2 is 1.76 bits per heavy atom. The minimum atomic E-state index is 0.399. The molecule has 0 atom stereocenters. The summed E-state index contributed by atoms with van der Waals surface area (Å²) in [5, 5.41) is 3.22. The van der Waals surface area contributed by atoms with E-state index in [1.54, 1.807) is 6.33 Å². The zero-order chi connectivity index (χ0) is 20.2. The van der Waals surface area contributed by atoms with Crippen LogP contribution in [0.5, 0.6) is 0 Å². The molecule has 2 aromatic carbocycles. The van der Waals surface area contributed by atoms with Gasteiger partial charge in [-0.05, 0) is 24.0 Å². The largest absolute Gasteiger partial charge is 0.370 e. The van der Waals surface area contributed by atoms with Crippen LogP contribution in [0.25, 0.3) is 0 Å². The maximum atomic E-state index is 5.97. The molecule has 3 rings (SSSR count). The van der Waals surface area contributed by atoms with Gasteiger partial charge in [-0.3, -0.25) is 4.99 Å². The summed E-state index contributed by atoms with van der Waals surface area (Å²) in [7, 11) is 0. The number of nitrogens with zero attached hydrogens (tertiary/aromatic N) is 2. The maximum Gasteiger partial charge on any atom is 0.188 e. The standard InChI is InChI=1S/C23H29N5S/c24-23(26-13-7-12-21-16-25-18-28-21)27-14-15-29-17-22(19-8-3-1-4-9-19)20-10-5-2-6-11-20/h1-6,8-11,16,18,22H,7,12-15,17H2,(H,25,28)(H3,24,26,27). The van der Waals surface area contributed by atoms with Crippen molar-refractivity contribution in [1.82, 2.24) is 15.3 Å². The summed E-state index contributed by atoms with van der Waals surface area (Å²) in [5.41, 5.74) is 9.82. The number of hydrogen-bond acceptors (Lipinski definition) is 3. The van der Waals surface area contributed by atoms with Gasteiger partial charge in [0.25, 0.3) is 0 Å². The second kappa shape index (κ2) is 12.0. The molecular weight excluding hydrogens is 378 g/mol. The molecule has 0 saturated heterocycles. The number of benzene rings is 2. The van der Waals surface area contributed by atoms with Gasteiger partial charge in [0.2, 0.25) is 0 Å². The van der Waals surface area contributed by atoms with Gasteiger partial charge in [0, 0.05) is 42.4 Å². The first-order valence-electron chi connectivity index (χ1n) is 10.0. The number of aromatic amines is 1. The Balaban J connectivity index is 1.38. The van der Waals surface area contributed by atoms with Crippen molar-refractivity contribution in [2.75, 3.05) is 24.6 Å². The van der Waals surface area contributed by atoms with Crippen molar-refractivity contribution in [3.05, 3.63) is 90.0 Å². The Bertz CT molecular complexity index is 795. The van der Waals surface area contributed by atoms with Gasteiger partial charge >= 0.3 is 0 Å². The topological polar surface area (TPSA) is 79.1 Å². The van der Waals surface area contributed by atoms with Crippen LogP contribution in [-0.2, 0) is 6.42 Å². The quantitative estimate of drug-likeness (QED) is 0.257. The first-order chi connectivity index (χ1) is 14.3. The van der Waals surface area contributed by atoms with Crippen molar-refractivity contribution < 1.29 is 0 Å². The summed E-state index contributed by atoms with van der Waals surface area (Å²) in [6, 6.07) is 21.4. The Labute approximate surface area is 177 Å². The number of aliphatic imine (C=N–C) groups is 1. The molecule has 0 saturated carbocycles. The lowest BCUT2D eigenvalue weighted by atomic mass is 9.93. The minimum absolute atomic E-state index is 0.399. The highest BCUT2D eigenvalue weighted by molar-refractivity contribution is 7.99. The van der Waals surface area contributed by atoms with Gasteiger partial charge < -0.3 is 16.0 Å². The minimum Gasteiger partial charge on any atom is -0.370 e. The Hall–Kier alpha value is -2.73. The van der Waals surface area contributed by atoms with Crippen molar-refractivity contribution in [3.8, 4) is 0 Å². The summed E-state index contributed by atoms with van der Waals surface area (Å²) in [6.45, 7) is 1.53. The molecule has 0 unspecified atom stereocenters. The highest BCUT2D eigenvalue weighted by Crippen LogP contribution is 2.28. The van der Waals surface area contributed by atoms with Crippen molar-refractivity contribution in [2.45, 2.75) is 18.8 Å². The van der Waals surface area contributed by atoms with Crippen LogP contribution in [0.15, 0.2) is 78.2 Å². The van der Waals surface area contributed by atoms with Crippen LogP contribution in [0.4, 0.5) is 0 Å². The van der Waals surface area contributed by atoms with Crippen molar-refractivity contribution in [1.29, 1.82) is 0 Å². The molecule has 152 valence electrons. The maximum absolute atomic E-state index is 5.97. The van der Waals surface area contributed by atoms with E-state index in [1.807, 2.05) is 18.0 Å². The van der Waals surface area contributed by atoms with E-state index >= 15 is 0 Å². The molecule has 0 aliphatic rings. The number of guanidine groups is 1. The number of H-pyrrole nitrogens is 1. The van der Waals surface area contributed by atoms with Gasteiger partial charge in [-0.1, -0.05) is 60.7 Å². The van der Waals surface area contributed by atoms with Crippen LogP contribution < -0.4 is 11.1 Å². The van der Waals surface area contributed by atoms with Crippen molar-refractivity contribution in [3.63, 3.8) is 0 Å². The van der Waals surface area contributed by atoms with Crippen LogP contribution in [0.2, 0.25) is 0 Å². The molecule has 0 aliphatic heterocycles. The van der Waals surface area contributed by atoms with Gasteiger partial charge in [-0.15, -0.1) is 0 Å². The number of aryl methyl sites for hydroxylation is 1. The van der Waals surface area contributed by atoms with E-state index in [0.29, 0.717) is 11.9 Å². The average molecular weight is 408 g/mol. The van der Waals surface area contributed by atoms with Crippen LogP contribution >= 0.6 is 11.8 Å². The Morgan fingerprint density at radius 3 is 2.38 bits per heavy atom. The molecule has 6 heteroatoms. The fourth-order valence-electron chi connectivity index (χ4n) is 3.15. The summed E-state index contributed by atoms with van der Waals surface area (Å²) in [5.74, 6) is 2.95. The molecule has 0 bridgehead atoms. The zero-order valence-electron chi connectivity index (χ0n) is 16.6. The van der Waals surface area contributed by atoms with Crippen LogP contribution in [0.1, 0.15) is 29.2 Å². The first kappa shape index (κ1) is 21.0. The van der Waals surface area contributed by atoms with Crippen molar-refractivity contribution in [2.24, 2.45) is 10.7 Å². The molecule has 0 aliphatic carbocycles. The molecule has 1 aromatic heterocycles. The second-order valence-corrected chi connectivity index (χ2v) is 7.97. The number of nitrogens with one attached hydrogen (secondary N) is 2. The molecule has 0 amide bonds. The smallest absolute Gasteiger partial charge is 0.188 e.